The summed E-state index contributed by atoms with van der Waals surface area (Å²) in [6.45, 7) is 1.75. The monoisotopic (exact) mass is 231 g/mol. The first-order valence-corrected chi connectivity index (χ1v) is 5.49. The number of carbonyl (C=O) groups is 1. The molecule has 0 aliphatic rings. The maximum Gasteiger partial charge on any atom is 0.323 e. The molecule has 1 aromatic rings. The fourth-order valence-electron chi connectivity index (χ4n) is 0.891. The van der Waals surface area contributed by atoms with Crippen molar-refractivity contribution in [1.82, 2.24) is 10.1 Å². The van der Waals surface area contributed by atoms with Crippen LogP contribution >= 0.6 is 11.8 Å². The number of methoxy groups -OCH3 is 1. The molecule has 0 fully saturated rings. The van der Waals surface area contributed by atoms with E-state index < -0.39 is 12.0 Å². The molecule has 0 bridgehead atoms. The Morgan fingerprint density at radius 1 is 1.73 bits per heavy atom. The van der Waals surface area contributed by atoms with Gasteiger partial charge in [0.05, 0.1) is 12.9 Å². The third-order valence-electron chi connectivity index (χ3n) is 1.60. The summed E-state index contributed by atoms with van der Waals surface area (Å²) in [4.78, 5) is 15.0. The first kappa shape index (κ1) is 12.0. The first-order valence-electron chi connectivity index (χ1n) is 4.34. The molecule has 6 nitrogen and oxygen atoms in total. The van der Waals surface area contributed by atoms with Gasteiger partial charge in [0.15, 0.2) is 5.82 Å². The van der Waals surface area contributed by atoms with Gasteiger partial charge in [0.25, 0.3) is 0 Å². The SMILES string of the molecule is COC(=O)C(N)CSCc1nc(C)no1. The van der Waals surface area contributed by atoms with Gasteiger partial charge in [0.2, 0.25) is 5.89 Å². The Morgan fingerprint density at radius 2 is 2.47 bits per heavy atom. The van der Waals surface area contributed by atoms with Crippen LogP contribution < -0.4 is 5.73 Å². The van der Waals surface area contributed by atoms with Crippen molar-refractivity contribution in [1.29, 1.82) is 0 Å². The standard InChI is InChI=1S/C8H13N3O3S/c1-5-10-7(14-11-5)4-15-3-6(9)8(12)13-2/h6H,3-4,9H2,1-2H3. The average Bonchev–Trinajstić information content (AvgIpc) is 2.63. The second kappa shape index (κ2) is 5.72. The largest absolute Gasteiger partial charge is 0.468 e. The minimum atomic E-state index is -0.607. The number of esters is 1. The summed E-state index contributed by atoms with van der Waals surface area (Å²) in [5.41, 5.74) is 5.54. The smallest absolute Gasteiger partial charge is 0.323 e. The van der Waals surface area contributed by atoms with Gasteiger partial charge >= 0.3 is 5.97 Å². The van der Waals surface area contributed by atoms with E-state index in [4.69, 9.17) is 10.3 Å². The van der Waals surface area contributed by atoms with Crippen LogP contribution in [0, 0.1) is 6.92 Å². The molecule has 0 radical (unpaired) electrons. The number of nitrogens with two attached hydrogens (primary N) is 1. The molecule has 1 atom stereocenters. The Labute approximate surface area is 91.5 Å². The lowest BCUT2D eigenvalue weighted by molar-refractivity contribution is -0.141. The third kappa shape index (κ3) is 3.88. The molecular weight excluding hydrogens is 218 g/mol. The molecule has 1 rings (SSSR count). The molecule has 0 saturated carbocycles. The van der Waals surface area contributed by atoms with Gasteiger partial charge in [0.1, 0.15) is 6.04 Å². The van der Waals surface area contributed by atoms with Crippen LogP contribution in [-0.2, 0) is 15.3 Å². The number of hydrogen-bond donors (Lipinski definition) is 1. The van der Waals surface area contributed by atoms with Crippen LogP contribution in [0.25, 0.3) is 0 Å². The van der Waals surface area contributed by atoms with Crippen molar-refractivity contribution >= 4 is 17.7 Å². The first-order chi connectivity index (χ1) is 7.13. The van der Waals surface area contributed by atoms with Crippen molar-refractivity contribution < 1.29 is 14.1 Å². The van der Waals surface area contributed by atoms with E-state index in [0.29, 0.717) is 23.2 Å². The molecule has 15 heavy (non-hydrogen) atoms. The van der Waals surface area contributed by atoms with Gasteiger partial charge in [-0.25, -0.2) is 0 Å². The van der Waals surface area contributed by atoms with E-state index in [1.54, 1.807) is 6.92 Å². The van der Waals surface area contributed by atoms with Gasteiger partial charge in [-0.15, -0.1) is 11.8 Å². The molecule has 0 amide bonds. The van der Waals surface area contributed by atoms with E-state index in [1.165, 1.54) is 18.9 Å². The highest BCUT2D eigenvalue weighted by molar-refractivity contribution is 7.98. The Kier molecular flexibility index (Phi) is 4.57. The number of carbonyl (C=O) groups excluding carboxylic acids is 1. The zero-order valence-electron chi connectivity index (χ0n) is 8.60. The van der Waals surface area contributed by atoms with Crippen molar-refractivity contribution in [3.63, 3.8) is 0 Å². The zero-order chi connectivity index (χ0) is 11.3. The number of thioether (sulfide) groups is 1. The van der Waals surface area contributed by atoms with Crippen LogP contribution in [0.1, 0.15) is 11.7 Å². The third-order valence-corrected chi connectivity index (χ3v) is 2.64. The lowest BCUT2D eigenvalue weighted by Gasteiger charge is -2.06. The molecule has 0 saturated heterocycles. The van der Waals surface area contributed by atoms with Gasteiger partial charge in [-0.1, -0.05) is 5.16 Å². The molecule has 0 aromatic carbocycles. The zero-order valence-corrected chi connectivity index (χ0v) is 9.41. The van der Waals surface area contributed by atoms with Gasteiger partial charge in [-0.05, 0) is 6.92 Å². The number of ether oxygens (including phenoxy) is 1. The van der Waals surface area contributed by atoms with Crippen LogP contribution in [0.4, 0.5) is 0 Å². The highest BCUT2D eigenvalue weighted by atomic mass is 32.2. The maximum absolute atomic E-state index is 10.9. The summed E-state index contributed by atoms with van der Waals surface area (Å²) in [5.74, 6) is 1.74. The van der Waals surface area contributed by atoms with Crippen LogP contribution in [0.15, 0.2) is 4.52 Å². The lowest BCUT2D eigenvalue weighted by atomic mass is 10.4. The fourth-order valence-corrected chi connectivity index (χ4v) is 1.69. The predicted molar refractivity (Wildman–Crippen MR) is 55.2 cm³/mol. The van der Waals surface area contributed by atoms with Crippen molar-refractivity contribution in [2.24, 2.45) is 5.73 Å². The summed E-state index contributed by atoms with van der Waals surface area (Å²) in [5, 5.41) is 3.64. The Balaban J connectivity index is 2.24. The molecule has 7 heteroatoms. The summed E-state index contributed by atoms with van der Waals surface area (Å²) >= 11 is 1.45. The van der Waals surface area contributed by atoms with E-state index >= 15 is 0 Å². The number of aromatic nitrogens is 2. The molecule has 1 unspecified atom stereocenters. The number of aryl methyl sites for hydroxylation is 1. The predicted octanol–water partition coefficient (Wildman–Crippen LogP) is 0.112. The van der Waals surface area contributed by atoms with E-state index in [1.807, 2.05) is 0 Å². The molecule has 0 aliphatic heterocycles. The maximum atomic E-state index is 10.9. The Bertz CT molecular complexity index is 329. The van der Waals surface area contributed by atoms with E-state index in [9.17, 15) is 4.79 Å². The minimum Gasteiger partial charge on any atom is -0.468 e. The minimum absolute atomic E-state index is 0.413. The number of rotatable bonds is 5. The molecule has 2 N–H and O–H groups in total. The van der Waals surface area contributed by atoms with Crippen LogP contribution in [0.2, 0.25) is 0 Å². The molecule has 0 spiro atoms. The molecule has 0 aliphatic carbocycles. The highest BCUT2D eigenvalue weighted by Crippen LogP contribution is 2.11. The van der Waals surface area contributed by atoms with Crippen molar-refractivity contribution in [2.45, 2.75) is 18.7 Å². The van der Waals surface area contributed by atoms with E-state index in [0.717, 1.165) is 0 Å². The van der Waals surface area contributed by atoms with Crippen molar-refractivity contribution in [2.75, 3.05) is 12.9 Å². The quantitative estimate of drug-likeness (QED) is 0.719. The normalized spacial score (nSPS) is 12.5. The van der Waals surface area contributed by atoms with Gasteiger partial charge in [-0.2, -0.15) is 4.98 Å². The van der Waals surface area contributed by atoms with Gasteiger partial charge in [0, 0.05) is 5.75 Å². The topological polar surface area (TPSA) is 91.2 Å². The fraction of sp³-hybridized carbons (Fsp3) is 0.625. The van der Waals surface area contributed by atoms with Crippen LogP contribution in [0.5, 0.6) is 0 Å². The van der Waals surface area contributed by atoms with Crippen molar-refractivity contribution in [3.05, 3.63) is 11.7 Å². The summed E-state index contributed by atoms with van der Waals surface area (Å²) < 4.78 is 9.38. The molecule has 1 heterocycles. The molecule has 1 aromatic heterocycles. The Hall–Kier alpha value is -1.08. The second-order valence-electron chi connectivity index (χ2n) is 2.88. The summed E-state index contributed by atoms with van der Waals surface area (Å²) in [6.07, 6.45) is 0. The molecule has 84 valence electrons. The van der Waals surface area contributed by atoms with Gasteiger partial charge < -0.3 is 15.0 Å². The van der Waals surface area contributed by atoms with Gasteiger partial charge in [-0.3, -0.25) is 4.79 Å². The number of nitrogens with zero attached hydrogens (tertiary/aromatic N) is 2. The van der Waals surface area contributed by atoms with Crippen LogP contribution in [-0.4, -0.2) is 35.0 Å². The number of hydrogen-bond acceptors (Lipinski definition) is 7. The second-order valence-corrected chi connectivity index (χ2v) is 3.91. The molecular formula is C8H13N3O3S. The summed E-state index contributed by atoms with van der Waals surface area (Å²) in [6, 6.07) is -0.607. The summed E-state index contributed by atoms with van der Waals surface area (Å²) in [7, 11) is 1.31. The van der Waals surface area contributed by atoms with E-state index in [-0.39, 0.29) is 0 Å². The lowest BCUT2D eigenvalue weighted by Crippen LogP contribution is -2.33. The average molecular weight is 231 g/mol. The van der Waals surface area contributed by atoms with Crippen molar-refractivity contribution in [3.8, 4) is 0 Å². The highest BCUT2D eigenvalue weighted by Gasteiger charge is 2.14. The van der Waals surface area contributed by atoms with Crippen LogP contribution in [0.3, 0.4) is 0 Å². The van der Waals surface area contributed by atoms with E-state index in [2.05, 4.69) is 14.9 Å². The Morgan fingerprint density at radius 3 is 3.00 bits per heavy atom.